The molecule has 32 heavy (non-hydrogen) atoms. The van der Waals surface area contributed by atoms with Gasteiger partial charge in [-0.3, -0.25) is 4.79 Å². The number of carbonyl (C=O) groups is 1. The van der Waals surface area contributed by atoms with Gasteiger partial charge in [-0.2, -0.15) is 0 Å². The number of aryl methyl sites for hydroxylation is 1. The molecule has 0 spiro atoms. The first-order chi connectivity index (χ1) is 15.5. The summed E-state index contributed by atoms with van der Waals surface area (Å²) >= 11 is 1.44. The topological polar surface area (TPSA) is 94.4 Å². The molecule has 0 bridgehead atoms. The van der Waals surface area contributed by atoms with Crippen LogP contribution in [0.4, 0.5) is 4.79 Å². The molecule has 6 nitrogen and oxygen atoms in total. The number of pyridine rings is 1. The molecule has 2 atom stereocenters. The van der Waals surface area contributed by atoms with Crippen LogP contribution in [0.3, 0.4) is 0 Å². The average Bonchev–Trinajstić information content (AvgIpc) is 3.44. The molecule has 164 valence electrons. The van der Waals surface area contributed by atoms with Crippen molar-refractivity contribution in [2.24, 2.45) is 5.73 Å². The van der Waals surface area contributed by atoms with Crippen molar-refractivity contribution in [3.05, 3.63) is 63.3 Å². The maximum atomic E-state index is 12.6. The zero-order chi connectivity index (χ0) is 22.4. The molecule has 5 rings (SSSR count). The zero-order valence-corrected chi connectivity index (χ0v) is 18.8. The lowest BCUT2D eigenvalue weighted by molar-refractivity contribution is 0.100. The van der Waals surface area contributed by atoms with Crippen molar-refractivity contribution in [2.75, 3.05) is 7.11 Å². The van der Waals surface area contributed by atoms with Crippen molar-refractivity contribution in [1.82, 2.24) is 4.98 Å². The lowest BCUT2D eigenvalue weighted by Crippen LogP contribution is -2.24. The van der Waals surface area contributed by atoms with Gasteiger partial charge in [0.2, 0.25) is 0 Å². The van der Waals surface area contributed by atoms with E-state index in [0.717, 1.165) is 63.6 Å². The fourth-order valence-electron chi connectivity index (χ4n) is 5.01. The fraction of sp³-hybridized carbons (Fsp3) is 0.280. The zero-order valence-electron chi connectivity index (χ0n) is 17.9. The van der Waals surface area contributed by atoms with Gasteiger partial charge in [-0.15, -0.1) is 11.3 Å². The highest BCUT2D eigenvalue weighted by Gasteiger charge is 2.31. The average molecular weight is 449 g/mol. The molecule has 7 heteroatoms. The van der Waals surface area contributed by atoms with Crippen LogP contribution in [0.5, 0.6) is 5.75 Å². The summed E-state index contributed by atoms with van der Waals surface area (Å²) in [6.45, 7) is 1.98. The number of nitrogens with one attached hydrogen (secondary N) is 1. The van der Waals surface area contributed by atoms with Crippen LogP contribution in [0.1, 0.15) is 36.3 Å². The molecule has 0 unspecified atom stereocenters. The molecule has 1 aliphatic rings. The number of H-pyrrole nitrogens is 1. The smallest absolute Gasteiger partial charge is 0.404 e. The van der Waals surface area contributed by atoms with Crippen molar-refractivity contribution in [2.45, 2.75) is 38.2 Å². The van der Waals surface area contributed by atoms with Crippen LogP contribution in [-0.2, 0) is 4.74 Å². The SMILES string of the molecule is COc1cc(C)c2[nH]c(=O)c3sccc3c2c1-c1ccc([C@H]2CCC[C@H]2OC(N)=O)cc1. The lowest BCUT2D eigenvalue weighted by atomic mass is 9.91. The number of hydrogen-bond acceptors (Lipinski definition) is 5. The number of aromatic nitrogens is 1. The van der Waals surface area contributed by atoms with E-state index < -0.39 is 6.09 Å². The Morgan fingerprint density at radius 1 is 1.19 bits per heavy atom. The Balaban J connectivity index is 1.66. The molecule has 1 fully saturated rings. The van der Waals surface area contributed by atoms with E-state index in [0.29, 0.717) is 4.70 Å². The van der Waals surface area contributed by atoms with Gasteiger partial charge in [0, 0.05) is 22.3 Å². The van der Waals surface area contributed by atoms with E-state index in [-0.39, 0.29) is 17.6 Å². The Bertz CT molecular complexity index is 1390. The number of methoxy groups -OCH3 is 1. The number of fused-ring (bicyclic) bond motifs is 3. The number of amides is 1. The van der Waals surface area contributed by atoms with Crippen LogP contribution in [0.25, 0.3) is 32.1 Å². The van der Waals surface area contributed by atoms with Crippen LogP contribution in [0.15, 0.2) is 46.6 Å². The summed E-state index contributed by atoms with van der Waals surface area (Å²) in [5.74, 6) is 0.909. The largest absolute Gasteiger partial charge is 0.496 e. The number of benzene rings is 2. The minimum Gasteiger partial charge on any atom is -0.496 e. The second-order valence-electron chi connectivity index (χ2n) is 8.27. The summed E-state index contributed by atoms with van der Waals surface area (Å²) in [5.41, 5.74) is 10.1. The second-order valence-corrected chi connectivity index (χ2v) is 9.19. The van der Waals surface area contributed by atoms with Crippen molar-refractivity contribution in [1.29, 1.82) is 0 Å². The van der Waals surface area contributed by atoms with E-state index in [4.69, 9.17) is 15.2 Å². The highest BCUT2D eigenvalue weighted by molar-refractivity contribution is 7.17. The standard InChI is InChI=1S/C25H24N2O4S/c1-13-12-19(30-2)20(21-17-10-11-32-23(17)24(28)27-22(13)21)15-8-6-14(7-9-15)16-4-3-5-18(16)31-25(26)29/h6-12,16,18H,3-5H2,1-2H3,(H2,26,29)(H,27,28)/t16-,18-/m1/s1. The summed E-state index contributed by atoms with van der Waals surface area (Å²) in [4.78, 5) is 26.9. The Labute approximate surface area is 189 Å². The first-order valence-corrected chi connectivity index (χ1v) is 11.5. The molecule has 3 N–H and O–H groups in total. The van der Waals surface area contributed by atoms with Crippen molar-refractivity contribution in [3.63, 3.8) is 0 Å². The molecule has 0 aliphatic heterocycles. The number of thiophene rings is 1. The highest BCUT2D eigenvalue weighted by Crippen LogP contribution is 2.43. The summed E-state index contributed by atoms with van der Waals surface area (Å²) in [5, 5.41) is 3.86. The van der Waals surface area contributed by atoms with Crippen LogP contribution >= 0.6 is 11.3 Å². The molecule has 0 radical (unpaired) electrons. The van der Waals surface area contributed by atoms with Gasteiger partial charge >= 0.3 is 6.09 Å². The van der Waals surface area contributed by atoms with Crippen LogP contribution in [0.2, 0.25) is 0 Å². The molecule has 4 aromatic rings. The van der Waals surface area contributed by atoms with Gasteiger partial charge in [-0.25, -0.2) is 4.79 Å². The molecule has 2 aromatic carbocycles. The molecular formula is C25H24N2O4S. The Morgan fingerprint density at radius 2 is 1.97 bits per heavy atom. The normalized spacial score (nSPS) is 18.3. The van der Waals surface area contributed by atoms with Gasteiger partial charge in [-0.05, 0) is 60.4 Å². The maximum absolute atomic E-state index is 12.6. The minimum absolute atomic E-state index is 0.0706. The third-order valence-corrected chi connectivity index (χ3v) is 7.35. The van der Waals surface area contributed by atoms with E-state index in [1.165, 1.54) is 11.3 Å². The van der Waals surface area contributed by atoms with Crippen molar-refractivity contribution < 1.29 is 14.3 Å². The Hall–Kier alpha value is -3.32. The highest BCUT2D eigenvalue weighted by atomic mass is 32.1. The number of rotatable bonds is 4. The minimum atomic E-state index is -0.719. The van der Waals surface area contributed by atoms with Gasteiger partial charge in [0.1, 0.15) is 16.6 Å². The van der Waals surface area contributed by atoms with Crippen LogP contribution in [0, 0.1) is 6.92 Å². The van der Waals surface area contributed by atoms with Crippen molar-refractivity contribution >= 4 is 38.4 Å². The van der Waals surface area contributed by atoms with Gasteiger partial charge in [-0.1, -0.05) is 24.3 Å². The first kappa shape index (κ1) is 20.6. The van der Waals surface area contributed by atoms with Crippen LogP contribution in [-0.4, -0.2) is 24.3 Å². The Morgan fingerprint density at radius 3 is 2.69 bits per heavy atom. The van der Waals surface area contributed by atoms with E-state index in [1.54, 1.807) is 7.11 Å². The fourth-order valence-corrected chi connectivity index (χ4v) is 5.81. The molecule has 1 amide bonds. The van der Waals surface area contributed by atoms with Gasteiger partial charge in [0.15, 0.2) is 0 Å². The van der Waals surface area contributed by atoms with Crippen LogP contribution < -0.4 is 16.0 Å². The van der Waals surface area contributed by atoms with Gasteiger partial charge in [0.05, 0.1) is 12.6 Å². The third kappa shape index (κ3) is 3.33. The number of hydrogen-bond donors (Lipinski definition) is 2. The summed E-state index contributed by atoms with van der Waals surface area (Å²) < 4.78 is 11.8. The quantitative estimate of drug-likeness (QED) is 0.433. The maximum Gasteiger partial charge on any atom is 0.404 e. The molecule has 1 saturated carbocycles. The second kappa shape index (κ2) is 7.98. The molecule has 1 aliphatic carbocycles. The lowest BCUT2D eigenvalue weighted by Gasteiger charge is -2.20. The van der Waals surface area contributed by atoms with E-state index in [1.807, 2.05) is 24.4 Å². The molecule has 0 saturated heterocycles. The molecule has 2 aromatic heterocycles. The van der Waals surface area contributed by atoms with E-state index in [9.17, 15) is 9.59 Å². The number of primary amides is 1. The van der Waals surface area contributed by atoms with E-state index >= 15 is 0 Å². The summed E-state index contributed by atoms with van der Waals surface area (Å²) in [7, 11) is 1.67. The third-order valence-electron chi connectivity index (χ3n) is 6.44. The summed E-state index contributed by atoms with van der Waals surface area (Å²) in [6, 6.07) is 12.3. The Kier molecular flexibility index (Phi) is 5.13. The first-order valence-electron chi connectivity index (χ1n) is 10.6. The van der Waals surface area contributed by atoms with Gasteiger partial charge < -0.3 is 20.2 Å². The number of aromatic amines is 1. The predicted molar refractivity (Wildman–Crippen MR) is 128 cm³/mol. The number of nitrogens with two attached hydrogens (primary N) is 1. The number of carbonyl (C=O) groups excluding carboxylic acids is 1. The summed E-state index contributed by atoms with van der Waals surface area (Å²) in [6.07, 6.45) is 1.90. The predicted octanol–water partition coefficient (Wildman–Crippen LogP) is 5.46. The van der Waals surface area contributed by atoms with Crippen molar-refractivity contribution in [3.8, 4) is 16.9 Å². The van der Waals surface area contributed by atoms with E-state index in [2.05, 4.69) is 29.2 Å². The van der Waals surface area contributed by atoms with Gasteiger partial charge in [0.25, 0.3) is 5.56 Å². The number of ether oxygens (including phenoxy) is 2. The monoisotopic (exact) mass is 448 g/mol. The molecular weight excluding hydrogens is 424 g/mol. The molecule has 2 heterocycles.